The Hall–Kier alpha value is -1.04. The van der Waals surface area contributed by atoms with Crippen molar-refractivity contribution in [2.75, 3.05) is 0 Å². The van der Waals surface area contributed by atoms with Crippen molar-refractivity contribution in [3.05, 3.63) is 48.6 Å². The molecular formula is C14H19. The number of hydrogen-bond donors (Lipinski definition) is 0. The van der Waals surface area contributed by atoms with Gasteiger partial charge in [-0.15, -0.1) is 0 Å². The van der Waals surface area contributed by atoms with Crippen molar-refractivity contribution >= 4 is 0 Å². The quantitative estimate of drug-likeness (QED) is 0.494. The van der Waals surface area contributed by atoms with Crippen LogP contribution < -0.4 is 0 Å². The maximum atomic E-state index is 3.27. The lowest BCUT2D eigenvalue weighted by Gasteiger charge is -1.93. The summed E-state index contributed by atoms with van der Waals surface area (Å²) < 4.78 is 0. The van der Waals surface area contributed by atoms with E-state index >= 15 is 0 Å². The Labute approximate surface area is 87.7 Å². The minimum Gasteiger partial charge on any atom is -0.0885 e. The highest BCUT2D eigenvalue weighted by Crippen LogP contribution is 2.03. The van der Waals surface area contributed by atoms with Gasteiger partial charge in [0.1, 0.15) is 0 Å². The van der Waals surface area contributed by atoms with Crippen molar-refractivity contribution in [3.8, 4) is 0 Å². The predicted octanol–water partition coefficient (Wildman–Crippen LogP) is 4.37. The monoisotopic (exact) mass is 187 g/mol. The van der Waals surface area contributed by atoms with E-state index in [1.807, 2.05) is 6.08 Å². The van der Waals surface area contributed by atoms with Crippen LogP contribution in [0.25, 0.3) is 0 Å². The molecule has 0 atom stereocenters. The van der Waals surface area contributed by atoms with E-state index < -0.39 is 0 Å². The van der Waals surface area contributed by atoms with Crippen LogP contribution in [0.2, 0.25) is 0 Å². The van der Waals surface area contributed by atoms with Gasteiger partial charge in [-0.25, -0.2) is 0 Å². The lowest BCUT2D eigenvalue weighted by Crippen LogP contribution is -1.73. The van der Waals surface area contributed by atoms with Crippen LogP contribution in [0.1, 0.15) is 38.5 Å². The Kier molecular flexibility index (Phi) is 6.74. The third-order valence-electron chi connectivity index (χ3n) is 2.18. The highest BCUT2D eigenvalue weighted by Gasteiger charge is 1.84. The molecule has 0 spiro atoms. The van der Waals surface area contributed by atoms with Gasteiger partial charge in [0.25, 0.3) is 0 Å². The second-order valence-corrected chi connectivity index (χ2v) is 3.48. The molecule has 0 saturated heterocycles. The third-order valence-corrected chi connectivity index (χ3v) is 2.18. The molecule has 1 aliphatic carbocycles. The Bertz CT molecular complexity index is 228. The molecule has 0 fully saturated rings. The van der Waals surface area contributed by atoms with Crippen LogP contribution in [-0.4, -0.2) is 0 Å². The van der Waals surface area contributed by atoms with Gasteiger partial charge in [0, 0.05) is 0 Å². The summed E-state index contributed by atoms with van der Waals surface area (Å²) >= 11 is 0. The first-order valence-corrected chi connectivity index (χ1v) is 5.53. The zero-order chi connectivity index (χ0) is 9.90. The zero-order valence-electron chi connectivity index (χ0n) is 8.78. The maximum Gasteiger partial charge on any atom is -0.0276 e. The number of allylic oxidation sites excluding steroid dienone is 8. The van der Waals surface area contributed by atoms with Crippen molar-refractivity contribution in [3.63, 3.8) is 0 Å². The predicted molar refractivity (Wildman–Crippen MR) is 62.9 cm³/mol. The van der Waals surface area contributed by atoms with Crippen LogP contribution in [0.3, 0.4) is 0 Å². The van der Waals surface area contributed by atoms with E-state index in [0.29, 0.717) is 0 Å². The molecule has 0 heterocycles. The van der Waals surface area contributed by atoms with Crippen LogP contribution in [-0.2, 0) is 0 Å². The average molecular weight is 187 g/mol. The van der Waals surface area contributed by atoms with Crippen LogP contribution in [0.5, 0.6) is 0 Å². The fourth-order valence-corrected chi connectivity index (χ4v) is 1.36. The Balaban J connectivity index is 2.35. The van der Waals surface area contributed by atoms with Gasteiger partial charge in [-0.1, -0.05) is 42.5 Å². The molecule has 14 heavy (non-hydrogen) atoms. The molecule has 0 aromatic heterocycles. The molecule has 1 aliphatic rings. The van der Waals surface area contributed by atoms with E-state index in [-0.39, 0.29) is 0 Å². The largest absolute Gasteiger partial charge is 0.0885 e. The second-order valence-electron chi connectivity index (χ2n) is 3.48. The van der Waals surface area contributed by atoms with Crippen molar-refractivity contribution in [1.29, 1.82) is 0 Å². The van der Waals surface area contributed by atoms with Gasteiger partial charge in [-0.05, 0) is 44.6 Å². The Morgan fingerprint density at radius 1 is 0.714 bits per heavy atom. The first kappa shape index (κ1) is 11.0. The Morgan fingerprint density at radius 3 is 2.57 bits per heavy atom. The van der Waals surface area contributed by atoms with Crippen LogP contribution in [0.15, 0.2) is 42.5 Å². The fourth-order valence-electron chi connectivity index (χ4n) is 1.36. The van der Waals surface area contributed by atoms with Gasteiger partial charge in [0.2, 0.25) is 0 Å². The van der Waals surface area contributed by atoms with E-state index in [9.17, 15) is 0 Å². The summed E-state index contributed by atoms with van der Waals surface area (Å²) in [6.07, 6.45) is 25.5. The summed E-state index contributed by atoms with van der Waals surface area (Å²) in [5.74, 6) is 0. The van der Waals surface area contributed by atoms with Crippen LogP contribution in [0.4, 0.5) is 0 Å². The summed E-state index contributed by atoms with van der Waals surface area (Å²) in [6.45, 7) is 0. The van der Waals surface area contributed by atoms with Crippen molar-refractivity contribution in [2.24, 2.45) is 0 Å². The molecule has 1 rings (SSSR count). The molecule has 0 bridgehead atoms. The van der Waals surface area contributed by atoms with E-state index in [1.165, 1.54) is 25.7 Å². The first-order valence-electron chi connectivity index (χ1n) is 5.53. The maximum absolute atomic E-state index is 3.27. The standard InChI is InChI=1S/C14H19/c1-2-4-6-8-10-12-14-13-11-9-7-5-3-1/h1-5,10,12H,6,8-9,11,13-14H2. The molecule has 0 N–H and O–H groups in total. The molecule has 0 aliphatic heterocycles. The average Bonchev–Trinajstić information content (AvgIpc) is 2.22. The van der Waals surface area contributed by atoms with Gasteiger partial charge in [-0.2, -0.15) is 0 Å². The fraction of sp³-hybridized carbons (Fsp3) is 0.429. The molecule has 0 aromatic rings. The summed E-state index contributed by atoms with van der Waals surface area (Å²) in [5, 5.41) is 0. The minimum absolute atomic E-state index is 1.09. The summed E-state index contributed by atoms with van der Waals surface area (Å²) in [7, 11) is 0. The second kappa shape index (κ2) is 8.55. The molecule has 0 unspecified atom stereocenters. The van der Waals surface area contributed by atoms with Crippen LogP contribution in [0, 0.1) is 6.08 Å². The lowest BCUT2D eigenvalue weighted by atomic mass is 10.1. The van der Waals surface area contributed by atoms with Gasteiger partial charge in [-0.3, -0.25) is 0 Å². The first-order chi connectivity index (χ1) is 7.00. The molecule has 0 nitrogen and oxygen atoms in total. The smallest absolute Gasteiger partial charge is 0.0276 e. The van der Waals surface area contributed by atoms with Gasteiger partial charge in [0.15, 0.2) is 0 Å². The van der Waals surface area contributed by atoms with Crippen LogP contribution >= 0.6 is 0 Å². The van der Waals surface area contributed by atoms with E-state index in [4.69, 9.17) is 0 Å². The zero-order valence-corrected chi connectivity index (χ0v) is 8.78. The minimum atomic E-state index is 1.09. The van der Waals surface area contributed by atoms with Gasteiger partial charge >= 0.3 is 0 Å². The topological polar surface area (TPSA) is 0 Å². The van der Waals surface area contributed by atoms with Crippen molar-refractivity contribution < 1.29 is 0 Å². The Morgan fingerprint density at radius 2 is 1.57 bits per heavy atom. The highest BCUT2D eigenvalue weighted by molar-refractivity contribution is 5.09. The van der Waals surface area contributed by atoms with Gasteiger partial charge in [0.05, 0.1) is 0 Å². The molecule has 1 radical (unpaired) electrons. The lowest BCUT2D eigenvalue weighted by molar-refractivity contribution is 0.752. The normalized spacial score (nSPS) is 19.4. The summed E-state index contributed by atoms with van der Waals surface area (Å²) in [5.41, 5.74) is 0. The third kappa shape index (κ3) is 6.47. The van der Waals surface area contributed by atoms with E-state index in [1.54, 1.807) is 0 Å². The van der Waals surface area contributed by atoms with Crippen molar-refractivity contribution in [1.82, 2.24) is 0 Å². The molecule has 0 aromatic carbocycles. The highest BCUT2D eigenvalue weighted by atomic mass is 13.9. The number of rotatable bonds is 0. The summed E-state index contributed by atoms with van der Waals surface area (Å²) in [6, 6.07) is 0. The van der Waals surface area contributed by atoms with E-state index in [2.05, 4.69) is 42.5 Å². The molecule has 0 saturated carbocycles. The molecular weight excluding hydrogens is 168 g/mol. The SMILES string of the molecule is [C]1=CC=CC=CCCC=CCCCC1. The summed E-state index contributed by atoms with van der Waals surface area (Å²) in [4.78, 5) is 0. The van der Waals surface area contributed by atoms with Gasteiger partial charge < -0.3 is 0 Å². The number of hydrogen-bond acceptors (Lipinski definition) is 0. The molecule has 0 heteroatoms. The molecule has 0 amide bonds. The molecule has 75 valence electrons. The van der Waals surface area contributed by atoms with E-state index in [0.717, 1.165) is 12.8 Å². The van der Waals surface area contributed by atoms with Crippen molar-refractivity contribution in [2.45, 2.75) is 38.5 Å².